The summed E-state index contributed by atoms with van der Waals surface area (Å²) in [5.41, 5.74) is 0. The summed E-state index contributed by atoms with van der Waals surface area (Å²) < 4.78 is 0. The van der Waals surface area contributed by atoms with E-state index in [4.69, 9.17) is 0 Å². The summed E-state index contributed by atoms with van der Waals surface area (Å²) in [5, 5.41) is 10.4. The lowest BCUT2D eigenvalue weighted by molar-refractivity contribution is -0.527. The lowest BCUT2D eigenvalue weighted by Gasteiger charge is -2.22. The van der Waals surface area contributed by atoms with E-state index in [-0.39, 0.29) is 10.8 Å². The molecule has 0 N–H and O–H groups in total. The molecule has 0 radical (unpaired) electrons. The van der Waals surface area contributed by atoms with E-state index in [0.717, 1.165) is 19.1 Å². The number of carbonyl (C=O) groups excluding carboxylic acids is 1. The second-order valence-corrected chi connectivity index (χ2v) is 3.37. The van der Waals surface area contributed by atoms with Crippen LogP contribution in [0.2, 0.25) is 0 Å². The molecule has 0 amide bonds. The van der Waals surface area contributed by atoms with Crippen LogP contribution in [-0.4, -0.2) is 17.3 Å². The molecule has 2 unspecified atom stereocenters. The number of hydrogen-bond acceptors (Lipinski definition) is 3. The van der Waals surface area contributed by atoms with Crippen molar-refractivity contribution in [1.82, 2.24) is 0 Å². The molecule has 2 atom stereocenters. The molecular formula is C8H13NO3. The first-order chi connectivity index (χ1) is 5.74. The molecule has 68 valence electrons. The Hall–Kier alpha value is -0.930. The van der Waals surface area contributed by atoms with E-state index in [9.17, 15) is 14.9 Å². The maximum absolute atomic E-state index is 10.4. The van der Waals surface area contributed by atoms with Crippen LogP contribution in [-0.2, 0) is 4.79 Å². The number of hydrogen-bond donors (Lipinski definition) is 0. The highest BCUT2D eigenvalue weighted by molar-refractivity contribution is 5.49. The molecule has 1 saturated carbocycles. The summed E-state index contributed by atoms with van der Waals surface area (Å²) in [6, 6.07) is -0.399. The molecule has 0 aromatic carbocycles. The average Bonchev–Trinajstić information content (AvgIpc) is 2.05. The highest BCUT2D eigenvalue weighted by Gasteiger charge is 2.28. The van der Waals surface area contributed by atoms with Crippen LogP contribution in [0.25, 0.3) is 0 Å². The van der Waals surface area contributed by atoms with Gasteiger partial charge in [-0.25, -0.2) is 0 Å². The van der Waals surface area contributed by atoms with E-state index in [1.807, 2.05) is 0 Å². The molecule has 0 aliphatic heterocycles. The Balaban J connectivity index is 2.39. The zero-order valence-electron chi connectivity index (χ0n) is 6.94. The van der Waals surface area contributed by atoms with Crippen LogP contribution in [0.5, 0.6) is 0 Å². The van der Waals surface area contributed by atoms with Crippen molar-refractivity contribution in [3.8, 4) is 0 Å². The Labute approximate surface area is 71.1 Å². The van der Waals surface area contributed by atoms with Gasteiger partial charge < -0.3 is 4.79 Å². The Morgan fingerprint density at radius 1 is 1.50 bits per heavy atom. The minimum Gasteiger partial charge on any atom is -0.303 e. The van der Waals surface area contributed by atoms with E-state index in [2.05, 4.69) is 0 Å². The molecule has 0 aromatic heterocycles. The van der Waals surface area contributed by atoms with Gasteiger partial charge in [0.1, 0.15) is 6.29 Å². The largest absolute Gasteiger partial charge is 0.303 e. The predicted octanol–water partition coefficient (Wildman–Crippen LogP) is 1.41. The summed E-state index contributed by atoms with van der Waals surface area (Å²) in [5.74, 6) is 0.256. The molecule has 1 aliphatic carbocycles. The van der Waals surface area contributed by atoms with Crippen molar-refractivity contribution in [3.05, 3.63) is 10.1 Å². The molecular weight excluding hydrogens is 158 g/mol. The van der Waals surface area contributed by atoms with Crippen molar-refractivity contribution in [2.24, 2.45) is 5.92 Å². The topological polar surface area (TPSA) is 60.2 Å². The number of nitro groups is 1. The van der Waals surface area contributed by atoms with E-state index < -0.39 is 6.04 Å². The molecule has 1 fully saturated rings. The van der Waals surface area contributed by atoms with Gasteiger partial charge >= 0.3 is 0 Å². The first-order valence-electron chi connectivity index (χ1n) is 4.31. The van der Waals surface area contributed by atoms with Gasteiger partial charge in [-0.1, -0.05) is 0 Å². The Bertz CT molecular complexity index is 181. The van der Waals surface area contributed by atoms with Crippen molar-refractivity contribution >= 4 is 6.29 Å². The van der Waals surface area contributed by atoms with Gasteiger partial charge in [-0.15, -0.1) is 0 Å². The van der Waals surface area contributed by atoms with Crippen LogP contribution in [0.15, 0.2) is 0 Å². The highest BCUT2D eigenvalue weighted by Crippen LogP contribution is 2.27. The Kier molecular flexibility index (Phi) is 3.19. The molecule has 4 nitrogen and oxygen atoms in total. The Morgan fingerprint density at radius 2 is 2.25 bits per heavy atom. The minimum atomic E-state index is -0.399. The number of aldehydes is 1. The third kappa shape index (κ3) is 2.29. The summed E-state index contributed by atoms with van der Waals surface area (Å²) in [6.45, 7) is 0. The van der Waals surface area contributed by atoms with Gasteiger partial charge in [0.15, 0.2) is 0 Å². The summed E-state index contributed by atoms with van der Waals surface area (Å²) >= 11 is 0. The van der Waals surface area contributed by atoms with Crippen LogP contribution in [0.4, 0.5) is 0 Å². The lowest BCUT2D eigenvalue weighted by atomic mass is 9.84. The lowest BCUT2D eigenvalue weighted by Crippen LogP contribution is -2.27. The van der Waals surface area contributed by atoms with E-state index in [0.29, 0.717) is 19.3 Å². The monoisotopic (exact) mass is 171 g/mol. The normalized spacial score (nSPS) is 29.7. The molecule has 0 saturated heterocycles. The highest BCUT2D eigenvalue weighted by atomic mass is 16.6. The quantitative estimate of drug-likeness (QED) is 0.366. The first kappa shape index (κ1) is 9.16. The number of rotatable bonds is 3. The summed E-state index contributed by atoms with van der Waals surface area (Å²) in [4.78, 5) is 20.4. The molecule has 0 bridgehead atoms. The molecule has 0 spiro atoms. The van der Waals surface area contributed by atoms with Gasteiger partial charge in [0.2, 0.25) is 6.04 Å². The molecule has 0 aromatic rings. The zero-order chi connectivity index (χ0) is 8.97. The third-order valence-corrected chi connectivity index (χ3v) is 2.48. The van der Waals surface area contributed by atoms with Gasteiger partial charge in [0.25, 0.3) is 0 Å². The van der Waals surface area contributed by atoms with Crippen LogP contribution in [0, 0.1) is 16.0 Å². The standard InChI is InChI=1S/C8H13NO3/c10-5-4-7-2-1-3-8(6-7)9(11)12/h5,7-8H,1-4,6H2. The fraction of sp³-hybridized carbons (Fsp3) is 0.875. The molecule has 1 rings (SSSR count). The van der Waals surface area contributed by atoms with Crippen LogP contribution < -0.4 is 0 Å². The van der Waals surface area contributed by atoms with Crippen LogP contribution in [0.1, 0.15) is 32.1 Å². The fourth-order valence-corrected chi connectivity index (χ4v) is 1.80. The smallest absolute Gasteiger partial charge is 0.213 e. The molecule has 1 aliphatic rings. The van der Waals surface area contributed by atoms with Gasteiger partial charge in [-0.3, -0.25) is 10.1 Å². The molecule has 4 heteroatoms. The average molecular weight is 171 g/mol. The summed E-state index contributed by atoms with van der Waals surface area (Å²) in [7, 11) is 0. The molecule has 0 heterocycles. The fourth-order valence-electron chi connectivity index (χ4n) is 1.80. The SMILES string of the molecule is O=CCC1CCCC([N+](=O)[O-])C1. The van der Waals surface area contributed by atoms with Gasteiger partial charge in [0.05, 0.1) is 0 Å². The van der Waals surface area contributed by atoms with Gasteiger partial charge in [-0.2, -0.15) is 0 Å². The zero-order valence-corrected chi connectivity index (χ0v) is 6.94. The molecule has 12 heavy (non-hydrogen) atoms. The van der Waals surface area contributed by atoms with E-state index in [1.54, 1.807) is 0 Å². The van der Waals surface area contributed by atoms with Crippen LogP contribution >= 0.6 is 0 Å². The van der Waals surface area contributed by atoms with Crippen LogP contribution in [0.3, 0.4) is 0 Å². The second kappa shape index (κ2) is 4.18. The number of carbonyl (C=O) groups is 1. The first-order valence-corrected chi connectivity index (χ1v) is 4.31. The van der Waals surface area contributed by atoms with E-state index in [1.165, 1.54) is 0 Å². The van der Waals surface area contributed by atoms with Crippen molar-refractivity contribution in [1.29, 1.82) is 0 Å². The van der Waals surface area contributed by atoms with Crippen molar-refractivity contribution in [3.63, 3.8) is 0 Å². The predicted molar refractivity (Wildman–Crippen MR) is 43.4 cm³/mol. The van der Waals surface area contributed by atoms with Gasteiger partial charge in [-0.05, 0) is 18.8 Å². The second-order valence-electron chi connectivity index (χ2n) is 3.37. The van der Waals surface area contributed by atoms with Crippen molar-refractivity contribution < 1.29 is 9.72 Å². The third-order valence-electron chi connectivity index (χ3n) is 2.48. The maximum atomic E-state index is 10.4. The summed E-state index contributed by atoms with van der Waals surface area (Å²) in [6.07, 6.45) is 4.50. The van der Waals surface area contributed by atoms with Gasteiger partial charge in [0, 0.05) is 24.2 Å². The Morgan fingerprint density at radius 3 is 2.83 bits per heavy atom. The maximum Gasteiger partial charge on any atom is 0.213 e. The minimum absolute atomic E-state index is 0.211. The van der Waals surface area contributed by atoms with Crippen molar-refractivity contribution in [2.75, 3.05) is 0 Å². The van der Waals surface area contributed by atoms with Crippen molar-refractivity contribution in [2.45, 2.75) is 38.1 Å². The number of nitrogens with zero attached hydrogens (tertiary/aromatic N) is 1. The van der Waals surface area contributed by atoms with E-state index >= 15 is 0 Å².